The lowest BCUT2D eigenvalue weighted by molar-refractivity contribution is 0.608. The van der Waals surface area contributed by atoms with Crippen molar-refractivity contribution in [2.45, 2.75) is 0 Å². The molecular weight excluding hydrogens is 478 g/mol. The van der Waals surface area contributed by atoms with Gasteiger partial charge in [0.1, 0.15) is 5.52 Å². The Kier molecular flexibility index (Phi) is 4.79. The Bertz CT molecular complexity index is 2120. The molecule has 0 amide bonds. The lowest BCUT2D eigenvalue weighted by atomic mass is 10.1. The summed E-state index contributed by atoms with van der Waals surface area (Å²) in [5.41, 5.74) is 7.08. The largest absolute Gasteiger partial charge is 0.423 e. The highest BCUT2D eigenvalue weighted by molar-refractivity contribution is 6.11. The van der Waals surface area contributed by atoms with Crippen molar-refractivity contribution >= 4 is 61.1 Å². The molecule has 0 unspecified atom stereocenters. The van der Waals surface area contributed by atoms with Crippen molar-refractivity contribution in [2.75, 3.05) is 4.90 Å². The average Bonchev–Trinajstić information content (AvgIpc) is 3.58. The SMILES string of the molecule is c1ccc(N(c2ccc3c(c2)c2ccccc2n3-c2ccccc2)c2nc3c(ccc4ccccc43)o2)cc1. The van der Waals surface area contributed by atoms with Gasteiger partial charge in [-0.15, -0.1) is 0 Å². The minimum Gasteiger partial charge on any atom is -0.423 e. The summed E-state index contributed by atoms with van der Waals surface area (Å²) in [4.78, 5) is 7.14. The van der Waals surface area contributed by atoms with Gasteiger partial charge in [-0.05, 0) is 60.0 Å². The van der Waals surface area contributed by atoms with Gasteiger partial charge in [0.15, 0.2) is 5.58 Å². The number of hydrogen-bond acceptors (Lipinski definition) is 3. The second-order valence-corrected chi connectivity index (χ2v) is 9.69. The molecule has 2 aromatic heterocycles. The van der Waals surface area contributed by atoms with Gasteiger partial charge in [0.2, 0.25) is 0 Å². The molecule has 184 valence electrons. The third-order valence-corrected chi connectivity index (χ3v) is 7.41. The summed E-state index contributed by atoms with van der Waals surface area (Å²) < 4.78 is 8.76. The van der Waals surface area contributed by atoms with E-state index in [0.29, 0.717) is 6.01 Å². The molecule has 0 aliphatic rings. The Balaban J connectivity index is 1.38. The lowest BCUT2D eigenvalue weighted by Gasteiger charge is -2.21. The molecule has 8 aromatic rings. The van der Waals surface area contributed by atoms with Crippen molar-refractivity contribution in [1.82, 2.24) is 9.55 Å². The Morgan fingerprint density at radius 2 is 1.23 bits per heavy atom. The van der Waals surface area contributed by atoms with E-state index in [1.165, 1.54) is 16.3 Å². The van der Waals surface area contributed by atoms with Crippen LogP contribution in [0.25, 0.3) is 49.4 Å². The van der Waals surface area contributed by atoms with E-state index in [1.807, 2.05) is 36.4 Å². The minimum absolute atomic E-state index is 0.540. The van der Waals surface area contributed by atoms with Gasteiger partial charge in [-0.2, -0.15) is 4.98 Å². The van der Waals surface area contributed by atoms with Crippen LogP contribution in [-0.4, -0.2) is 9.55 Å². The molecule has 0 fully saturated rings. The van der Waals surface area contributed by atoms with Crippen molar-refractivity contribution in [2.24, 2.45) is 0 Å². The zero-order valence-corrected chi connectivity index (χ0v) is 21.0. The molecule has 4 heteroatoms. The summed E-state index contributed by atoms with van der Waals surface area (Å²) in [7, 11) is 0. The van der Waals surface area contributed by atoms with E-state index in [2.05, 4.69) is 113 Å². The molecule has 0 N–H and O–H groups in total. The van der Waals surface area contributed by atoms with Crippen molar-refractivity contribution in [3.05, 3.63) is 140 Å². The molecule has 0 aliphatic carbocycles. The smallest absolute Gasteiger partial charge is 0.307 e. The summed E-state index contributed by atoms with van der Waals surface area (Å²) in [6, 6.07) is 48.9. The van der Waals surface area contributed by atoms with Crippen molar-refractivity contribution < 1.29 is 4.42 Å². The van der Waals surface area contributed by atoms with Gasteiger partial charge in [0, 0.05) is 21.8 Å². The van der Waals surface area contributed by atoms with Gasteiger partial charge < -0.3 is 8.98 Å². The van der Waals surface area contributed by atoms with Gasteiger partial charge in [-0.25, -0.2) is 0 Å². The van der Waals surface area contributed by atoms with E-state index >= 15 is 0 Å². The first-order valence-corrected chi connectivity index (χ1v) is 13.1. The van der Waals surface area contributed by atoms with Crippen LogP contribution in [0.4, 0.5) is 17.4 Å². The number of hydrogen-bond donors (Lipinski definition) is 0. The number of benzene rings is 6. The third kappa shape index (κ3) is 3.42. The fraction of sp³-hybridized carbons (Fsp3) is 0. The fourth-order valence-corrected chi connectivity index (χ4v) is 5.65. The van der Waals surface area contributed by atoms with Crippen LogP contribution in [0.5, 0.6) is 0 Å². The topological polar surface area (TPSA) is 34.2 Å². The van der Waals surface area contributed by atoms with E-state index in [0.717, 1.165) is 44.5 Å². The first kappa shape index (κ1) is 21.7. The molecule has 0 atom stereocenters. The molecule has 0 radical (unpaired) electrons. The average molecular weight is 502 g/mol. The molecule has 4 nitrogen and oxygen atoms in total. The molecule has 0 saturated heterocycles. The van der Waals surface area contributed by atoms with E-state index in [1.54, 1.807) is 0 Å². The van der Waals surface area contributed by atoms with E-state index in [-0.39, 0.29) is 0 Å². The van der Waals surface area contributed by atoms with Crippen LogP contribution in [0.15, 0.2) is 144 Å². The number of anilines is 3. The van der Waals surface area contributed by atoms with E-state index in [4.69, 9.17) is 9.40 Å². The van der Waals surface area contributed by atoms with Crippen LogP contribution >= 0.6 is 0 Å². The Morgan fingerprint density at radius 1 is 0.538 bits per heavy atom. The number of oxazole rings is 1. The van der Waals surface area contributed by atoms with Gasteiger partial charge in [0.05, 0.1) is 22.4 Å². The van der Waals surface area contributed by atoms with Gasteiger partial charge in [0.25, 0.3) is 0 Å². The predicted molar refractivity (Wildman–Crippen MR) is 161 cm³/mol. The number of rotatable bonds is 4. The van der Waals surface area contributed by atoms with Crippen molar-refractivity contribution in [1.29, 1.82) is 0 Å². The molecule has 0 saturated carbocycles. The predicted octanol–water partition coefficient (Wildman–Crippen LogP) is 9.55. The first-order chi connectivity index (χ1) is 19.3. The van der Waals surface area contributed by atoms with Crippen LogP contribution in [0.2, 0.25) is 0 Å². The normalized spacial score (nSPS) is 11.6. The van der Waals surface area contributed by atoms with Crippen LogP contribution in [0.1, 0.15) is 0 Å². The number of para-hydroxylation sites is 3. The maximum atomic E-state index is 6.43. The van der Waals surface area contributed by atoms with Crippen LogP contribution in [0, 0.1) is 0 Å². The van der Waals surface area contributed by atoms with Crippen molar-refractivity contribution in [3.63, 3.8) is 0 Å². The third-order valence-electron chi connectivity index (χ3n) is 7.41. The van der Waals surface area contributed by atoms with Gasteiger partial charge in [-0.1, -0.05) is 84.9 Å². The summed E-state index contributed by atoms with van der Waals surface area (Å²) >= 11 is 0. The molecular formula is C35H23N3O. The standard InChI is InChI=1S/C35H23N3O/c1-3-12-25(13-4-1)37(35-36-34-28-16-8-7-11-24(28)19-22-33(34)39-35)27-20-21-32-30(23-27)29-17-9-10-18-31(29)38(32)26-14-5-2-6-15-26/h1-23H. The van der Waals surface area contributed by atoms with Gasteiger partial charge in [-0.3, -0.25) is 4.90 Å². The monoisotopic (exact) mass is 501 g/mol. The fourth-order valence-electron chi connectivity index (χ4n) is 5.65. The highest BCUT2D eigenvalue weighted by Crippen LogP contribution is 2.40. The van der Waals surface area contributed by atoms with E-state index < -0.39 is 0 Å². The second-order valence-electron chi connectivity index (χ2n) is 9.69. The number of nitrogens with zero attached hydrogens (tertiary/aromatic N) is 3. The number of fused-ring (bicyclic) bond motifs is 6. The summed E-state index contributed by atoms with van der Waals surface area (Å²) in [6.45, 7) is 0. The number of aromatic nitrogens is 2. The van der Waals surface area contributed by atoms with Crippen LogP contribution in [0.3, 0.4) is 0 Å². The van der Waals surface area contributed by atoms with Gasteiger partial charge >= 0.3 is 6.01 Å². The zero-order chi connectivity index (χ0) is 25.8. The quantitative estimate of drug-likeness (QED) is 0.241. The minimum atomic E-state index is 0.540. The van der Waals surface area contributed by atoms with Crippen LogP contribution < -0.4 is 4.90 Å². The first-order valence-electron chi connectivity index (χ1n) is 13.1. The maximum Gasteiger partial charge on any atom is 0.307 e. The highest BCUT2D eigenvalue weighted by atomic mass is 16.4. The second kappa shape index (κ2) is 8.61. The molecule has 0 aliphatic heterocycles. The van der Waals surface area contributed by atoms with E-state index in [9.17, 15) is 0 Å². The van der Waals surface area contributed by atoms with Crippen LogP contribution in [-0.2, 0) is 0 Å². The Hall–Kier alpha value is -5.35. The maximum absolute atomic E-state index is 6.43. The van der Waals surface area contributed by atoms with Crippen molar-refractivity contribution in [3.8, 4) is 5.69 Å². The Morgan fingerprint density at radius 3 is 2.08 bits per heavy atom. The molecule has 0 spiro atoms. The molecule has 6 aromatic carbocycles. The molecule has 0 bridgehead atoms. The molecule has 8 rings (SSSR count). The molecule has 2 heterocycles. The summed E-state index contributed by atoms with van der Waals surface area (Å²) in [6.07, 6.45) is 0. The Labute approximate surface area is 225 Å². The lowest BCUT2D eigenvalue weighted by Crippen LogP contribution is -2.10. The highest BCUT2D eigenvalue weighted by Gasteiger charge is 2.21. The molecule has 39 heavy (non-hydrogen) atoms. The zero-order valence-electron chi connectivity index (χ0n) is 21.0. The summed E-state index contributed by atoms with van der Waals surface area (Å²) in [5, 5.41) is 4.61. The summed E-state index contributed by atoms with van der Waals surface area (Å²) in [5.74, 6) is 0.